The summed E-state index contributed by atoms with van der Waals surface area (Å²) in [6.45, 7) is 3.23. The molecular formula is C22H28N2O5S. The number of phenolic OH excluding ortho intramolecular Hbond substituents is 1. The van der Waals surface area contributed by atoms with Gasteiger partial charge in [-0.05, 0) is 43.5 Å². The van der Waals surface area contributed by atoms with Gasteiger partial charge in [0.15, 0.2) is 9.84 Å². The topological polar surface area (TPSA) is 95.9 Å². The van der Waals surface area contributed by atoms with Gasteiger partial charge < -0.3 is 20.1 Å². The monoisotopic (exact) mass is 432 g/mol. The molecule has 30 heavy (non-hydrogen) atoms. The van der Waals surface area contributed by atoms with Crippen molar-refractivity contribution >= 4 is 15.9 Å². The number of carbonyl (C=O) groups excluding carboxylic acids is 1. The van der Waals surface area contributed by atoms with Crippen LogP contribution in [-0.2, 0) is 21.1 Å². The number of aromatic hydroxyl groups is 1. The highest BCUT2D eigenvalue weighted by molar-refractivity contribution is 7.90. The smallest absolute Gasteiger partial charge is 0.318 e. The molecule has 2 N–H and O–H groups in total. The molecule has 0 aliphatic carbocycles. The lowest BCUT2D eigenvalue weighted by Gasteiger charge is -2.28. The predicted octanol–water partition coefficient (Wildman–Crippen LogP) is 3.25. The van der Waals surface area contributed by atoms with Crippen molar-refractivity contribution in [1.82, 2.24) is 10.2 Å². The molecule has 1 aliphatic heterocycles. The molecule has 0 spiro atoms. The van der Waals surface area contributed by atoms with Crippen LogP contribution in [0.3, 0.4) is 0 Å². The third-order valence-corrected chi connectivity index (χ3v) is 6.36. The van der Waals surface area contributed by atoms with E-state index in [2.05, 4.69) is 5.32 Å². The van der Waals surface area contributed by atoms with Crippen LogP contribution in [0.4, 0.5) is 4.79 Å². The van der Waals surface area contributed by atoms with E-state index in [9.17, 15) is 18.3 Å². The van der Waals surface area contributed by atoms with Crippen LogP contribution in [0.15, 0.2) is 53.4 Å². The summed E-state index contributed by atoms with van der Waals surface area (Å²) in [6, 6.07) is 12.9. The molecule has 3 rings (SSSR count). The first-order valence-corrected chi connectivity index (χ1v) is 11.9. The van der Waals surface area contributed by atoms with E-state index in [4.69, 9.17) is 4.74 Å². The fourth-order valence-corrected chi connectivity index (χ4v) is 4.10. The zero-order valence-corrected chi connectivity index (χ0v) is 18.1. The molecule has 1 heterocycles. The van der Waals surface area contributed by atoms with Crippen LogP contribution >= 0.6 is 0 Å². The summed E-state index contributed by atoms with van der Waals surface area (Å²) in [4.78, 5) is 14.9. The summed E-state index contributed by atoms with van der Waals surface area (Å²) in [5, 5.41) is 13.1. The van der Waals surface area contributed by atoms with E-state index in [-0.39, 0.29) is 35.4 Å². The fourth-order valence-electron chi connectivity index (χ4n) is 3.47. The van der Waals surface area contributed by atoms with Crippen molar-refractivity contribution in [3.05, 3.63) is 59.7 Å². The van der Waals surface area contributed by atoms with Gasteiger partial charge in [-0.3, -0.25) is 0 Å². The highest BCUT2D eigenvalue weighted by Crippen LogP contribution is 2.22. The minimum Gasteiger partial charge on any atom is -0.508 e. The molecular weight excluding hydrogens is 404 g/mol. The lowest BCUT2D eigenvalue weighted by molar-refractivity contribution is 0.0788. The van der Waals surface area contributed by atoms with Crippen LogP contribution in [-0.4, -0.2) is 50.0 Å². The molecule has 162 valence electrons. The van der Waals surface area contributed by atoms with Gasteiger partial charge in [-0.25, -0.2) is 13.2 Å². The molecule has 0 bridgehead atoms. The highest BCUT2D eigenvalue weighted by Gasteiger charge is 2.24. The van der Waals surface area contributed by atoms with E-state index in [1.54, 1.807) is 47.4 Å². The van der Waals surface area contributed by atoms with Crippen molar-refractivity contribution < 1.29 is 23.1 Å². The van der Waals surface area contributed by atoms with E-state index in [1.165, 1.54) is 0 Å². The van der Waals surface area contributed by atoms with Crippen LogP contribution in [0.1, 0.15) is 36.9 Å². The van der Waals surface area contributed by atoms with E-state index < -0.39 is 9.84 Å². The molecule has 1 fully saturated rings. The molecule has 2 aromatic rings. The second-order valence-corrected chi connectivity index (χ2v) is 9.67. The number of carbonyl (C=O) groups is 1. The first-order chi connectivity index (χ1) is 14.2. The van der Waals surface area contributed by atoms with Crippen LogP contribution < -0.4 is 5.32 Å². The van der Waals surface area contributed by atoms with Crippen LogP contribution in [0, 0.1) is 0 Å². The number of nitrogens with one attached hydrogen (secondary N) is 1. The number of para-hydroxylation sites is 1. The first-order valence-electron chi connectivity index (χ1n) is 9.98. The Balaban J connectivity index is 1.72. The summed E-state index contributed by atoms with van der Waals surface area (Å²) in [5.41, 5.74) is 1.46. The lowest BCUT2D eigenvalue weighted by atomic mass is 10.1. The zero-order valence-electron chi connectivity index (χ0n) is 17.2. The van der Waals surface area contributed by atoms with Crippen LogP contribution in [0.5, 0.6) is 5.75 Å². The largest absolute Gasteiger partial charge is 0.508 e. The van der Waals surface area contributed by atoms with Crippen LogP contribution in [0.25, 0.3) is 0 Å². The number of sulfone groups is 1. The maximum atomic E-state index is 13.0. The third-order valence-electron chi connectivity index (χ3n) is 5.24. The Kier molecular flexibility index (Phi) is 6.99. The second-order valence-electron chi connectivity index (χ2n) is 7.66. The average molecular weight is 433 g/mol. The first kappa shape index (κ1) is 22.1. The molecule has 7 nitrogen and oxygen atoms in total. The minimum absolute atomic E-state index is 0.0223. The number of hydrogen-bond donors (Lipinski definition) is 2. The molecule has 0 saturated carbocycles. The lowest BCUT2D eigenvalue weighted by Crippen LogP contribution is -2.44. The highest BCUT2D eigenvalue weighted by atomic mass is 32.2. The van der Waals surface area contributed by atoms with E-state index >= 15 is 0 Å². The molecule has 0 radical (unpaired) electrons. The Bertz CT molecular complexity index is 969. The van der Waals surface area contributed by atoms with Crippen molar-refractivity contribution in [1.29, 1.82) is 0 Å². The summed E-state index contributed by atoms with van der Waals surface area (Å²) in [5.74, 6) is 0.145. The number of ether oxygens (including phenoxy) is 1. The van der Waals surface area contributed by atoms with E-state index in [1.807, 2.05) is 13.0 Å². The van der Waals surface area contributed by atoms with Gasteiger partial charge in [-0.2, -0.15) is 0 Å². The standard InChI is InChI=1S/C22H28N2O5S/c1-16(17-9-11-20(12-10-17)30(2,27)28)23-22(26)24(15-19-7-5-13-29-19)14-18-6-3-4-8-21(18)25/h3-4,6,8-12,16,19,25H,5,7,13-15H2,1-2H3,(H,23,26). The van der Waals surface area contributed by atoms with Gasteiger partial charge in [0.1, 0.15) is 5.75 Å². The number of nitrogens with zero attached hydrogens (tertiary/aromatic N) is 1. The van der Waals surface area contributed by atoms with E-state index in [0.29, 0.717) is 18.7 Å². The van der Waals surface area contributed by atoms with E-state index in [0.717, 1.165) is 24.7 Å². The van der Waals surface area contributed by atoms with Crippen molar-refractivity contribution in [3.8, 4) is 5.75 Å². The number of amides is 2. The van der Waals surface area contributed by atoms with Gasteiger partial charge in [0, 0.05) is 25.0 Å². The van der Waals surface area contributed by atoms with Crippen molar-refractivity contribution in [2.45, 2.75) is 43.4 Å². The van der Waals surface area contributed by atoms with Gasteiger partial charge in [0.25, 0.3) is 0 Å². The summed E-state index contributed by atoms with van der Waals surface area (Å²) in [6.07, 6.45) is 3.01. The van der Waals surface area contributed by atoms with Gasteiger partial charge >= 0.3 is 6.03 Å². The summed E-state index contributed by atoms with van der Waals surface area (Å²) in [7, 11) is -3.27. The Morgan fingerprint density at radius 2 is 1.93 bits per heavy atom. The van der Waals surface area contributed by atoms with Gasteiger partial charge in [-0.1, -0.05) is 30.3 Å². The number of hydrogen-bond acceptors (Lipinski definition) is 5. The van der Waals surface area contributed by atoms with Gasteiger partial charge in [-0.15, -0.1) is 0 Å². The second kappa shape index (κ2) is 9.49. The molecule has 1 aliphatic rings. The molecule has 2 aromatic carbocycles. The molecule has 1 saturated heterocycles. The molecule has 8 heteroatoms. The summed E-state index contributed by atoms with van der Waals surface area (Å²) < 4.78 is 29.0. The van der Waals surface area contributed by atoms with Gasteiger partial charge in [0.2, 0.25) is 0 Å². The van der Waals surface area contributed by atoms with Crippen molar-refractivity contribution in [2.75, 3.05) is 19.4 Å². The Morgan fingerprint density at radius 1 is 1.23 bits per heavy atom. The molecule has 2 unspecified atom stereocenters. The maximum Gasteiger partial charge on any atom is 0.318 e. The number of rotatable bonds is 7. The number of urea groups is 1. The molecule has 2 amide bonds. The minimum atomic E-state index is -3.27. The number of phenols is 1. The predicted molar refractivity (Wildman–Crippen MR) is 114 cm³/mol. The van der Waals surface area contributed by atoms with Crippen LogP contribution in [0.2, 0.25) is 0 Å². The van der Waals surface area contributed by atoms with Gasteiger partial charge in [0.05, 0.1) is 23.6 Å². The fraction of sp³-hybridized carbons (Fsp3) is 0.409. The zero-order chi connectivity index (χ0) is 21.7. The maximum absolute atomic E-state index is 13.0. The third kappa shape index (κ3) is 5.73. The Hall–Kier alpha value is -2.58. The Morgan fingerprint density at radius 3 is 2.53 bits per heavy atom. The molecule has 2 atom stereocenters. The quantitative estimate of drug-likeness (QED) is 0.700. The number of benzene rings is 2. The normalized spacial score (nSPS) is 17.5. The Labute approximate surface area is 177 Å². The van der Waals surface area contributed by atoms with Crippen molar-refractivity contribution in [2.24, 2.45) is 0 Å². The average Bonchev–Trinajstić information content (AvgIpc) is 3.21. The SMILES string of the molecule is CC(NC(=O)N(Cc1ccccc1O)CC1CCCO1)c1ccc(S(C)(=O)=O)cc1. The summed E-state index contributed by atoms with van der Waals surface area (Å²) >= 11 is 0. The van der Waals surface area contributed by atoms with Crippen molar-refractivity contribution in [3.63, 3.8) is 0 Å². The molecule has 0 aromatic heterocycles.